The van der Waals surface area contributed by atoms with Crippen molar-refractivity contribution in [2.75, 3.05) is 7.11 Å². The summed E-state index contributed by atoms with van der Waals surface area (Å²) in [5, 5.41) is 1.04. The predicted molar refractivity (Wildman–Crippen MR) is 81.2 cm³/mol. The number of aromatic nitrogens is 1. The maximum atomic E-state index is 12.2. The van der Waals surface area contributed by atoms with Gasteiger partial charge in [-0.3, -0.25) is 4.79 Å². The Labute approximate surface area is 122 Å². The number of benzene rings is 1. The van der Waals surface area contributed by atoms with Crippen molar-refractivity contribution in [3.05, 3.63) is 35.0 Å². The average molecular weight is 286 g/mol. The first-order valence-corrected chi connectivity index (χ1v) is 6.82. The van der Waals surface area contributed by atoms with Crippen LogP contribution in [0.3, 0.4) is 0 Å². The number of hydrogen-bond donors (Lipinski definition) is 2. The number of carbonyl (C=O) groups excluding carboxylic acids is 1. The van der Waals surface area contributed by atoms with Crippen molar-refractivity contribution < 1.29 is 9.53 Å². The van der Waals surface area contributed by atoms with Crippen LogP contribution in [-0.4, -0.2) is 23.5 Å². The SMILES string of the molecule is COC1CCn2c(C(=O)N=C(N)N)cc3c(C)ccc1c32. The first kappa shape index (κ1) is 13.6. The fourth-order valence-electron chi connectivity index (χ4n) is 3.03. The van der Waals surface area contributed by atoms with Crippen LogP contribution in [0.15, 0.2) is 23.2 Å². The Balaban J connectivity index is 2.27. The van der Waals surface area contributed by atoms with E-state index in [1.807, 2.05) is 23.6 Å². The fraction of sp³-hybridized carbons (Fsp3) is 0.333. The summed E-state index contributed by atoms with van der Waals surface area (Å²) >= 11 is 0. The van der Waals surface area contributed by atoms with Crippen molar-refractivity contribution in [1.29, 1.82) is 0 Å². The Bertz CT molecular complexity index is 757. The quantitative estimate of drug-likeness (QED) is 0.645. The van der Waals surface area contributed by atoms with Gasteiger partial charge in [-0.25, -0.2) is 0 Å². The number of ether oxygens (including phenoxy) is 1. The van der Waals surface area contributed by atoms with Crippen LogP contribution in [0.25, 0.3) is 10.9 Å². The van der Waals surface area contributed by atoms with Gasteiger partial charge in [0.1, 0.15) is 5.69 Å². The second-order valence-corrected chi connectivity index (χ2v) is 5.27. The van der Waals surface area contributed by atoms with Gasteiger partial charge in [-0.15, -0.1) is 0 Å². The minimum absolute atomic E-state index is 0.0570. The van der Waals surface area contributed by atoms with Crippen LogP contribution >= 0.6 is 0 Å². The van der Waals surface area contributed by atoms with Gasteiger partial charge in [-0.2, -0.15) is 4.99 Å². The summed E-state index contributed by atoms with van der Waals surface area (Å²) in [5.41, 5.74) is 14.4. The van der Waals surface area contributed by atoms with Gasteiger partial charge >= 0.3 is 0 Å². The van der Waals surface area contributed by atoms with Gasteiger partial charge < -0.3 is 20.8 Å². The van der Waals surface area contributed by atoms with Crippen LogP contribution in [0.5, 0.6) is 0 Å². The Morgan fingerprint density at radius 1 is 1.43 bits per heavy atom. The van der Waals surface area contributed by atoms with Crippen molar-refractivity contribution >= 4 is 22.8 Å². The van der Waals surface area contributed by atoms with E-state index in [0.29, 0.717) is 12.2 Å². The van der Waals surface area contributed by atoms with Crippen LogP contribution < -0.4 is 11.5 Å². The summed E-state index contributed by atoms with van der Waals surface area (Å²) in [4.78, 5) is 15.9. The number of aryl methyl sites for hydroxylation is 2. The number of nitrogens with two attached hydrogens (primary N) is 2. The molecule has 2 aromatic rings. The lowest BCUT2D eigenvalue weighted by molar-refractivity contribution is 0.0872. The highest BCUT2D eigenvalue weighted by atomic mass is 16.5. The van der Waals surface area contributed by atoms with E-state index in [-0.39, 0.29) is 12.1 Å². The monoisotopic (exact) mass is 286 g/mol. The van der Waals surface area contributed by atoms with Gasteiger partial charge in [0.15, 0.2) is 5.96 Å². The number of methoxy groups -OCH3 is 1. The highest BCUT2D eigenvalue weighted by Crippen LogP contribution is 2.37. The molecule has 6 heteroatoms. The molecule has 2 heterocycles. The van der Waals surface area contributed by atoms with Crippen molar-refractivity contribution in [3.63, 3.8) is 0 Å². The van der Waals surface area contributed by atoms with Crippen LogP contribution in [0, 0.1) is 6.92 Å². The van der Waals surface area contributed by atoms with E-state index in [2.05, 4.69) is 11.1 Å². The predicted octanol–water partition coefficient (Wildman–Crippen LogP) is 1.45. The lowest BCUT2D eigenvalue weighted by Gasteiger charge is -2.25. The summed E-state index contributed by atoms with van der Waals surface area (Å²) < 4.78 is 7.53. The largest absolute Gasteiger partial charge is 0.377 e. The van der Waals surface area contributed by atoms with Crippen LogP contribution in [-0.2, 0) is 11.3 Å². The molecule has 1 aromatic carbocycles. The number of guanidine groups is 1. The third-order valence-corrected chi connectivity index (χ3v) is 4.00. The second kappa shape index (κ2) is 4.89. The number of hydrogen-bond acceptors (Lipinski definition) is 2. The zero-order valence-corrected chi connectivity index (χ0v) is 12.1. The lowest BCUT2D eigenvalue weighted by Crippen LogP contribution is -2.25. The van der Waals surface area contributed by atoms with Crippen molar-refractivity contribution in [1.82, 2.24) is 4.57 Å². The van der Waals surface area contributed by atoms with Gasteiger partial charge in [0.25, 0.3) is 5.91 Å². The molecule has 1 atom stereocenters. The Morgan fingerprint density at radius 2 is 2.19 bits per heavy atom. The molecule has 0 fully saturated rings. The third kappa shape index (κ3) is 2.08. The van der Waals surface area contributed by atoms with E-state index in [4.69, 9.17) is 16.2 Å². The van der Waals surface area contributed by atoms with Gasteiger partial charge in [-0.05, 0) is 25.0 Å². The summed E-state index contributed by atoms with van der Waals surface area (Å²) in [5.74, 6) is -0.631. The Kier molecular flexibility index (Phi) is 3.17. The van der Waals surface area contributed by atoms with Crippen LogP contribution in [0.1, 0.15) is 34.1 Å². The van der Waals surface area contributed by atoms with Crippen LogP contribution in [0.4, 0.5) is 0 Å². The summed E-state index contributed by atoms with van der Waals surface area (Å²) in [7, 11) is 1.71. The number of nitrogens with zero attached hydrogens (tertiary/aromatic N) is 2. The zero-order chi connectivity index (χ0) is 15.1. The molecule has 1 aliphatic heterocycles. The number of carbonyl (C=O) groups is 1. The molecule has 0 radical (unpaired) electrons. The maximum Gasteiger partial charge on any atom is 0.296 e. The molecule has 1 aliphatic rings. The Hall–Kier alpha value is -2.34. The number of amides is 1. The van der Waals surface area contributed by atoms with Gasteiger partial charge in [0.05, 0.1) is 11.6 Å². The van der Waals surface area contributed by atoms with Crippen molar-refractivity contribution in [2.45, 2.75) is 26.0 Å². The smallest absolute Gasteiger partial charge is 0.296 e. The molecule has 1 aromatic heterocycles. The maximum absolute atomic E-state index is 12.2. The van der Waals surface area contributed by atoms with E-state index in [0.717, 1.165) is 28.5 Å². The first-order valence-electron chi connectivity index (χ1n) is 6.82. The van der Waals surface area contributed by atoms with Gasteiger partial charge in [-0.1, -0.05) is 12.1 Å². The van der Waals surface area contributed by atoms with Gasteiger partial charge in [0.2, 0.25) is 0 Å². The average Bonchev–Trinajstić information content (AvgIpc) is 2.83. The molecule has 4 N–H and O–H groups in total. The lowest BCUT2D eigenvalue weighted by atomic mass is 9.98. The molecule has 3 rings (SSSR count). The van der Waals surface area contributed by atoms with E-state index >= 15 is 0 Å². The highest BCUT2D eigenvalue weighted by Gasteiger charge is 2.26. The second-order valence-electron chi connectivity index (χ2n) is 5.27. The van der Waals surface area contributed by atoms with Crippen molar-refractivity contribution in [3.8, 4) is 0 Å². The molecule has 1 amide bonds. The highest BCUT2D eigenvalue weighted by molar-refractivity contribution is 6.05. The Morgan fingerprint density at radius 3 is 2.86 bits per heavy atom. The molecule has 1 unspecified atom stereocenters. The molecule has 0 saturated carbocycles. The molecule has 6 nitrogen and oxygen atoms in total. The zero-order valence-electron chi connectivity index (χ0n) is 12.1. The van der Waals surface area contributed by atoms with E-state index in [1.165, 1.54) is 0 Å². The molecule has 0 saturated heterocycles. The summed E-state index contributed by atoms with van der Waals surface area (Å²) in [6, 6.07) is 5.98. The standard InChI is InChI=1S/C15H18N4O2/c1-8-3-4-9-12(21-2)5-6-19-11(7-10(8)13(9)19)14(20)18-15(16)17/h3-4,7,12H,5-6H2,1-2H3,(H4,16,17,18,20). The molecular formula is C15H18N4O2. The molecule has 0 bridgehead atoms. The normalized spacial score (nSPS) is 17.0. The van der Waals surface area contributed by atoms with Crippen LogP contribution in [0.2, 0.25) is 0 Å². The third-order valence-electron chi connectivity index (χ3n) is 4.00. The molecule has 0 aliphatic carbocycles. The minimum Gasteiger partial charge on any atom is -0.377 e. The summed E-state index contributed by atoms with van der Waals surface area (Å²) in [6.07, 6.45) is 0.875. The van der Waals surface area contributed by atoms with Crippen molar-refractivity contribution in [2.24, 2.45) is 16.5 Å². The van der Waals surface area contributed by atoms with E-state index < -0.39 is 5.91 Å². The topological polar surface area (TPSA) is 95.6 Å². The molecule has 110 valence electrons. The summed E-state index contributed by atoms with van der Waals surface area (Å²) in [6.45, 7) is 2.73. The number of aliphatic imine (C=N–C) groups is 1. The first-order chi connectivity index (χ1) is 10.0. The van der Waals surface area contributed by atoms with E-state index in [1.54, 1.807) is 7.11 Å². The minimum atomic E-state index is -0.410. The molecule has 0 spiro atoms. The van der Waals surface area contributed by atoms with E-state index in [9.17, 15) is 4.79 Å². The fourth-order valence-corrected chi connectivity index (χ4v) is 3.03. The molecule has 21 heavy (non-hydrogen) atoms. The van der Waals surface area contributed by atoms with Gasteiger partial charge in [0, 0.05) is 24.6 Å². The number of rotatable bonds is 2. The molecular weight excluding hydrogens is 268 g/mol.